The van der Waals surface area contributed by atoms with Crippen molar-refractivity contribution < 1.29 is 91.2 Å². The van der Waals surface area contributed by atoms with Crippen LogP contribution in [-0.2, 0) is 14.2 Å². The van der Waals surface area contributed by atoms with Crippen molar-refractivity contribution in [1.82, 2.24) is 74.9 Å². The molecule has 6 aromatic heterocycles. The maximum atomic E-state index is 14.2. The molecular formula is C72H93F3N18O12S3. The van der Waals surface area contributed by atoms with Gasteiger partial charge < -0.3 is 76.1 Å². The van der Waals surface area contributed by atoms with Gasteiger partial charge in [-0.15, -0.1) is 15.3 Å². The molecular weight excluding hydrogens is 1460 g/mol. The van der Waals surface area contributed by atoms with Gasteiger partial charge in [0, 0.05) is 81.8 Å². The molecule has 6 fully saturated rings. The fraction of sp³-hybridized carbons (Fsp3) is 0.583. The van der Waals surface area contributed by atoms with E-state index in [1.54, 1.807) is 71.0 Å². The second-order valence-corrected chi connectivity index (χ2v) is 29.5. The van der Waals surface area contributed by atoms with E-state index in [9.17, 15) is 54.0 Å². The Morgan fingerprint density at radius 2 is 0.815 bits per heavy atom. The summed E-state index contributed by atoms with van der Waals surface area (Å²) >= 11 is 3.00. The van der Waals surface area contributed by atoms with Crippen molar-refractivity contribution in [2.24, 2.45) is 0 Å². The number of aliphatic hydroxyl groups excluding tert-OH is 7. The number of aliphatic hydroxyl groups is 9. The summed E-state index contributed by atoms with van der Waals surface area (Å²) in [6, 6.07) is 10.3. The predicted molar refractivity (Wildman–Crippen MR) is 398 cm³/mol. The molecule has 0 unspecified atom stereocenters. The summed E-state index contributed by atoms with van der Waals surface area (Å²) < 4.78 is 166. The number of hydrogen-bond donors (Lipinski definition) is 12. The van der Waals surface area contributed by atoms with Gasteiger partial charge in [0.15, 0.2) is 66.4 Å². The molecule has 6 aliphatic rings. The fourth-order valence-electron chi connectivity index (χ4n) is 13.3. The highest BCUT2D eigenvalue weighted by atomic mass is 32.2. The van der Waals surface area contributed by atoms with Crippen LogP contribution < -0.4 is 16.0 Å². The van der Waals surface area contributed by atoms with E-state index < -0.39 is 152 Å². The van der Waals surface area contributed by atoms with E-state index >= 15 is 0 Å². The lowest BCUT2D eigenvalue weighted by atomic mass is 10.1. The molecule has 0 spiro atoms. The molecule has 6 saturated carbocycles. The van der Waals surface area contributed by atoms with Crippen LogP contribution in [0.15, 0.2) is 70.1 Å². The molecule has 9 aromatic rings. The Bertz CT molecular complexity index is 5260. The van der Waals surface area contributed by atoms with Crippen LogP contribution in [0.4, 0.5) is 30.6 Å². The summed E-state index contributed by atoms with van der Waals surface area (Å²) in [5, 5.41) is 127. The second-order valence-electron chi connectivity index (χ2n) is 26.8. The third-order valence-corrected chi connectivity index (χ3v) is 22.0. The SMILES string of the molecule is [2H]C([2H])(CC)Sc1nc(N[C@@H]2C[C@@]2([2H])c2ccc(C)c(F)c2)c2nnn([C@@H]3C[C@H](OCCO)[C@@H](O)[C@H]3O)c2n1.[2H]C([2H])(O)C([2H])([2H])O[C@H]1C[C@@H](n2nnc3c(N[C@@H]4C[C@@]4([2H])c4ccc(C)c(F)c4)nc(SCCC)nc32)[C@H](O)[C@@H]1O.[2H]C([2H])(O)CO[C@H]1C[C@@H](n2nnc3c(N[C@@H]4C[C@@]4([2H])c4ccc(C)c(F)c4)nc(SC([2H])([2H])CC)nc32)[C@H](O)[C@@H]1O. The summed E-state index contributed by atoms with van der Waals surface area (Å²) in [6.07, 6.45) is -9.11. The molecule has 108 heavy (non-hydrogen) atoms. The number of aromatic nitrogens is 15. The summed E-state index contributed by atoms with van der Waals surface area (Å²) in [4.78, 5) is 27.1. The lowest BCUT2D eigenvalue weighted by molar-refractivity contribution is -0.0629. The Kier molecular flexibility index (Phi) is 20.6. The van der Waals surface area contributed by atoms with Gasteiger partial charge in [-0.1, -0.05) is 108 Å². The lowest BCUT2D eigenvalue weighted by Gasteiger charge is -2.17. The molecule has 6 heterocycles. The Morgan fingerprint density at radius 3 is 1.14 bits per heavy atom. The number of ether oxygens (including phenoxy) is 3. The standard InChI is InChI=1S/3C24H31FN6O4S/c3*1-3-8-36-24-27-22(26-16-10-14(16)13-5-4-12(2)15(25)9-13)19-23(28-24)31(30-29-19)17-11-18(35-7-6-32)21(34)20(17)33/h3*4-5,9,14,16-18,20-21,32-34H,3,6-8,10-11H2,1-2H3,(H,26,27,28)/t3*14-,16+,17+,18-,20-,21+/m000/s1/i6D2,8D2,14D;6D2,7D2,14D;8D2,14D. The Morgan fingerprint density at radius 1 is 0.463 bits per heavy atom. The third-order valence-electron chi connectivity index (χ3n) is 19.4. The topological polar surface area (TPSA) is 415 Å². The van der Waals surface area contributed by atoms with E-state index in [1.807, 2.05) is 6.92 Å². The molecule has 12 N–H and O–H groups in total. The molecule has 36 heteroatoms. The van der Waals surface area contributed by atoms with Crippen LogP contribution in [-0.4, -0.2) is 251 Å². The maximum Gasteiger partial charge on any atom is 0.191 e. The minimum Gasteiger partial charge on any atom is -0.394 e. The number of aryl methyl sites for hydroxylation is 3. The molecule has 15 rings (SSSR count). The van der Waals surface area contributed by atoms with Gasteiger partial charge in [-0.2, -0.15) is 0 Å². The van der Waals surface area contributed by atoms with Gasteiger partial charge in [-0.3, -0.25) is 0 Å². The van der Waals surface area contributed by atoms with E-state index in [1.165, 1.54) is 44.0 Å². The Hall–Kier alpha value is -7.14. The number of anilines is 3. The fourth-order valence-corrected chi connectivity index (χ4v) is 15.1. The van der Waals surface area contributed by atoms with Gasteiger partial charge in [0.05, 0.1) is 84.2 Å². The largest absolute Gasteiger partial charge is 0.394 e. The van der Waals surface area contributed by atoms with Gasteiger partial charge in [0.25, 0.3) is 0 Å². The molecule has 6 aliphatic carbocycles. The summed E-state index contributed by atoms with van der Waals surface area (Å²) in [5.41, 5.74) is 0.942. The van der Waals surface area contributed by atoms with Crippen molar-refractivity contribution in [3.63, 3.8) is 0 Å². The Labute approximate surface area is 651 Å². The number of benzene rings is 3. The molecule has 582 valence electrons. The van der Waals surface area contributed by atoms with Crippen molar-refractivity contribution in [3.8, 4) is 0 Å². The zero-order valence-corrected chi connectivity index (χ0v) is 61.8. The van der Waals surface area contributed by atoms with Crippen molar-refractivity contribution in [1.29, 1.82) is 0 Å². The first-order valence-corrected chi connectivity index (χ1v) is 37.9. The highest BCUT2D eigenvalue weighted by molar-refractivity contribution is 7.99. The van der Waals surface area contributed by atoms with Gasteiger partial charge >= 0.3 is 0 Å². The predicted octanol–water partition coefficient (Wildman–Crippen LogP) is 6.55. The number of halogens is 3. The van der Waals surface area contributed by atoms with E-state index in [0.717, 1.165) is 29.9 Å². The van der Waals surface area contributed by atoms with Crippen molar-refractivity contribution in [3.05, 3.63) is 105 Å². The highest BCUT2D eigenvalue weighted by Crippen LogP contribution is 2.48. The van der Waals surface area contributed by atoms with Crippen LogP contribution in [0.3, 0.4) is 0 Å². The van der Waals surface area contributed by atoms with Gasteiger partial charge in [0.1, 0.15) is 54.1 Å². The van der Waals surface area contributed by atoms with Crippen molar-refractivity contribution in [2.45, 2.75) is 224 Å². The van der Waals surface area contributed by atoms with E-state index in [0.29, 0.717) is 69.4 Å². The third kappa shape index (κ3) is 17.5. The molecule has 0 bridgehead atoms. The number of fused-ring (bicyclic) bond motifs is 3. The van der Waals surface area contributed by atoms with Crippen LogP contribution in [0.5, 0.6) is 0 Å². The zero-order valence-electron chi connectivity index (χ0n) is 72.4. The van der Waals surface area contributed by atoms with Gasteiger partial charge in [0.2, 0.25) is 0 Å². The van der Waals surface area contributed by atoms with Crippen LogP contribution in [0.2, 0.25) is 0 Å². The molecule has 0 aliphatic heterocycles. The normalized spacial score (nSPS) is 32.1. The first-order chi connectivity index (χ1) is 56.7. The Balaban J connectivity index is 0.000000157. The van der Waals surface area contributed by atoms with Crippen molar-refractivity contribution in [2.75, 3.05) is 72.6 Å². The number of rotatable bonds is 30. The van der Waals surface area contributed by atoms with E-state index in [-0.39, 0.29) is 112 Å². The van der Waals surface area contributed by atoms with E-state index in [2.05, 4.69) is 76.8 Å². The highest BCUT2D eigenvalue weighted by Gasteiger charge is 2.49. The van der Waals surface area contributed by atoms with Gasteiger partial charge in [-0.25, -0.2) is 57.1 Å². The van der Waals surface area contributed by atoms with Gasteiger partial charge in [-0.05, 0) is 111 Å². The molecule has 18 atom stereocenters. The zero-order chi connectivity index (χ0) is 87.9. The average Bonchev–Trinajstić information content (AvgIpc) is 1.58. The van der Waals surface area contributed by atoms with Crippen LogP contribution >= 0.6 is 35.3 Å². The number of nitrogens with one attached hydrogen (secondary N) is 3. The number of nitrogens with zero attached hydrogens (tertiary/aromatic N) is 15. The molecule has 3 aromatic carbocycles. The molecule has 30 nitrogen and oxygen atoms in total. The minimum atomic E-state index is -3.35. The number of hydrogen-bond acceptors (Lipinski definition) is 30. The summed E-state index contributed by atoms with van der Waals surface area (Å²) in [6.45, 7) is 0.280. The minimum absolute atomic E-state index is 0.000650. The molecule has 0 saturated heterocycles. The lowest BCUT2D eigenvalue weighted by Crippen LogP contribution is -2.33. The maximum absolute atomic E-state index is 14.2. The monoisotopic (exact) mass is 1570 g/mol. The summed E-state index contributed by atoms with van der Waals surface area (Å²) in [7, 11) is 0. The van der Waals surface area contributed by atoms with Crippen molar-refractivity contribution >= 4 is 86.2 Å². The quantitative estimate of drug-likeness (QED) is 0.0168. The summed E-state index contributed by atoms with van der Waals surface area (Å²) in [5.74, 6) is -3.00. The molecule has 0 amide bonds. The van der Waals surface area contributed by atoms with Crippen LogP contribution in [0.1, 0.15) is 166 Å². The average molecular weight is 1570 g/mol. The van der Waals surface area contributed by atoms with Crippen LogP contribution in [0, 0.1) is 38.2 Å². The molecule has 0 radical (unpaired) electrons. The first-order valence-electron chi connectivity index (χ1n) is 41.8. The van der Waals surface area contributed by atoms with Crippen LogP contribution in [0.25, 0.3) is 33.5 Å². The van der Waals surface area contributed by atoms with E-state index in [4.69, 9.17) is 37.1 Å². The second kappa shape index (κ2) is 35.1. The number of thioether (sulfide) groups is 3. The first kappa shape index (κ1) is 63.5. The smallest absolute Gasteiger partial charge is 0.191 e.